The third-order valence-corrected chi connectivity index (χ3v) is 5.23. The van der Waals surface area contributed by atoms with Crippen LogP contribution in [0.25, 0.3) is 0 Å². The van der Waals surface area contributed by atoms with Crippen molar-refractivity contribution in [2.45, 2.75) is 26.6 Å². The lowest BCUT2D eigenvalue weighted by Crippen LogP contribution is -2.21. The van der Waals surface area contributed by atoms with Crippen molar-refractivity contribution in [3.63, 3.8) is 0 Å². The van der Waals surface area contributed by atoms with E-state index in [1.54, 1.807) is 26.0 Å². The van der Waals surface area contributed by atoms with E-state index in [9.17, 15) is 4.57 Å². The van der Waals surface area contributed by atoms with Crippen LogP contribution in [0.15, 0.2) is 41.0 Å². The van der Waals surface area contributed by atoms with Gasteiger partial charge in [0.05, 0.1) is 25.2 Å². The first kappa shape index (κ1) is 16.7. The molecule has 120 valence electrons. The molecule has 0 aliphatic carbocycles. The van der Waals surface area contributed by atoms with E-state index in [-0.39, 0.29) is 13.2 Å². The lowest BCUT2D eigenvalue weighted by molar-refractivity contribution is -0.371. The summed E-state index contributed by atoms with van der Waals surface area (Å²) in [6.45, 7) is 6.08. The second kappa shape index (κ2) is 7.58. The average molecular weight is 325 g/mol. The summed E-state index contributed by atoms with van der Waals surface area (Å²) in [4.78, 5) is 3.17. The van der Waals surface area contributed by atoms with Gasteiger partial charge in [0.2, 0.25) is 0 Å². The maximum atomic E-state index is 13.1. The molecule has 0 aliphatic rings. The number of pyridine rings is 1. The van der Waals surface area contributed by atoms with Gasteiger partial charge in [-0.1, -0.05) is 6.07 Å². The van der Waals surface area contributed by atoms with Gasteiger partial charge in [0, 0.05) is 6.07 Å². The second-order valence-electron chi connectivity index (χ2n) is 4.69. The van der Waals surface area contributed by atoms with E-state index in [0.717, 1.165) is 5.69 Å². The number of rotatable bonds is 8. The molecular weight excluding hydrogens is 303 g/mol. The quantitative estimate of drug-likeness (QED) is 0.748. The summed E-state index contributed by atoms with van der Waals surface area (Å²) in [5.74, 6) is 0.488. The van der Waals surface area contributed by atoms with Gasteiger partial charge in [0.1, 0.15) is 0 Å². The zero-order valence-corrected chi connectivity index (χ0v) is 13.9. The molecule has 2 heterocycles. The Kier molecular flexibility index (Phi) is 5.77. The van der Waals surface area contributed by atoms with E-state index in [4.69, 9.17) is 13.5 Å². The summed E-state index contributed by atoms with van der Waals surface area (Å²) in [5, 5.41) is 3.17. The maximum Gasteiger partial charge on any atom is 0.382 e. The summed E-state index contributed by atoms with van der Waals surface area (Å²) in [6.07, 6.45) is 1.53. The first-order valence-electron chi connectivity index (χ1n) is 7.26. The van der Waals surface area contributed by atoms with E-state index < -0.39 is 13.4 Å². The Bertz CT molecular complexity index is 620. The number of anilines is 1. The van der Waals surface area contributed by atoms with Crippen LogP contribution in [0.4, 0.5) is 5.82 Å². The molecule has 2 aromatic rings. The average Bonchev–Trinajstić information content (AvgIpc) is 2.99. The molecule has 0 unspecified atom stereocenters. The number of furan rings is 1. The molecule has 0 amide bonds. The topological polar surface area (TPSA) is 74.8 Å². The summed E-state index contributed by atoms with van der Waals surface area (Å²) < 4.78 is 29.5. The molecule has 0 fully saturated rings. The number of aryl methyl sites for hydroxylation is 1. The third-order valence-electron chi connectivity index (χ3n) is 2.98. The van der Waals surface area contributed by atoms with Crippen molar-refractivity contribution in [2.75, 3.05) is 18.5 Å². The Morgan fingerprint density at radius 3 is 2.50 bits per heavy atom. The van der Waals surface area contributed by atoms with Gasteiger partial charge < -0.3 is 13.5 Å². The van der Waals surface area contributed by atoms with Crippen LogP contribution in [-0.2, 0) is 13.6 Å². The Morgan fingerprint density at radius 1 is 1.23 bits per heavy atom. The van der Waals surface area contributed by atoms with Gasteiger partial charge in [-0.15, -0.1) is 0 Å². The first-order valence-corrected chi connectivity index (χ1v) is 8.88. The molecule has 0 saturated heterocycles. The number of hydrogen-bond acceptors (Lipinski definition) is 5. The molecule has 2 rings (SSSR count). The van der Waals surface area contributed by atoms with Crippen molar-refractivity contribution < 1.29 is 23.0 Å². The molecule has 0 radical (unpaired) electrons. The van der Waals surface area contributed by atoms with Crippen LogP contribution in [0.3, 0.4) is 0 Å². The Labute approximate surface area is 130 Å². The molecule has 0 aromatic carbocycles. The number of hydrogen-bond donors (Lipinski definition) is 1. The lowest BCUT2D eigenvalue weighted by atomic mass is 10.3. The molecular formula is C15H22N2O4P+. The summed E-state index contributed by atoms with van der Waals surface area (Å²) in [7, 11) is -3.42. The molecule has 7 heteroatoms. The minimum Gasteiger partial charge on any atom is -0.464 e. The van der Waals surface area contributed by atoms with Gasteiger partial charge in [0.25, 0.3) is 11.6 Å². The Balaban J connectivity index is 2.36. The highest BCUT2D eigenvalue weighted by Crippen LogP contribution is 2.60. The van der Waals surface area contributed by atoms with Gasteiger partial charge in [-0.2, -0.15) is 0 Å². The van der Waals surface area contributed by atoms with Crippen LogP contribution in [0.2, 0.25) is 0 Å². The number of H-pyrrole nitrogens is 1. The fourth-order valence-corrected chi connectivity index (χ4v) is 3.96. The molecule has 0 saturated carbocycles. The fourth-order valence-electron chi connectivity index (χ4n) is 2.12. The van der Waals surface area contributed by atoms with Crippen molar-refractivity contribution in [1.82, 2.24) is 0 Å². The van der Waals surface area contributed by atoms with Gasteiger partial charge in [-0.25, -0.2) is 4.98 Å². The van der Waals surface area contributed by atoms with E-state index in [2.05, 4.69) is 10.3 Å². The third kappa shape index (κ3) is 3.97. The highest BCUT2D eigenvalue weighted by atomic mass is 31.2. The highest BCUT2D eigenvalue weighted by Gasteiger charge is 2.42. The maximum absolute atomic E-state index is 13.1. The summed E-state index contributed by atoms with van der Waals surface area (Å²) >= 11 is 0. The Morgan fingerprint density at radius 2 is 1.95 bits per heavy atom. The van der Waals surface area contributed by atoms with Crippen LogP contribution in [0.1, 0.15) is 31.1 Å². The molecule has 0 spiro atoms. The smallest absolute Gasteiger partial charge is 0.382 e. The molecule has 6 nitrogen and oxygen atoms in total. The predicted molar refractivity (Wildman–Crippen MR) is 83.7 cm³/mol. The van der Waals surface area contributed by atoms with Crippen molar-refractivity contribution in [1.29, 1.82) is 0 Å². The molecule has 0 bridgehead atoms. The normalized spacial score (nSPS) is 13.0. The molecule has 1 atom stereocenters. The van der Waals surface area contributed by atoms with Crippen LogP contribution >= 0.6 is 7.60 Å². The van der Waals surface area contributed by atoms with E-state index in [0.29, 0.717) is 11.6 Å². The van der Waals surface area contributed by atoms with Crippen LogP contribution in [0.5, 0.6) is 0 Å². The summed E-state index contributed by atoms with van der Waals surface area (Å²) in [5.41, 5.74) is 0.978. The molecule has 22 heavy (non-hydrogen) atoms. The van der Waals surface area contributed by atoms with Gasteiger partial charge in [-0.05, 0) is 39.0 Å². The zero-order chi connectivity index (χ0) is 16.0. The van der Waals surface area contributed by atoms with Gasteiger partial charge in [-0.3, -0.25) is 9.88 Å². The number of aromatic amines is 1. The molecule has 2 N–H and O–H groups in total. The number of nitrogens with one attached hydrogen (secondary N) is 2. The van der Waals surface area contributed by atoms with Crippen molar-refractivity contribution >= 4 is 13.4 Å². The highest BCUT2D eigenvalue weighted by molar-refractivity contribution is 7.54. The van der Waals surface area contributed by atoms with Gasteiger partial charge in [0.15, 0.2) is 5.76 Å². The van der Waals surface area contributed by atoms with E-state index in [1.807, 2.05) is 25.1 Å². The van der Waals surface area contributed by atoms with Crippen molar-refractivity contribution in [3.8, 4) is 0 Å². The van der Waals surface area contributed by atoms with Crippen LogP contribution in [0, 0.1) is 6.92 Å². The summed E-state index contributed by atoms with van der Waals surface area (Å²) in [6, 6.07) is 9.19. The largest absolute Gasteiger partial charge is 0.464 e. The van der Waals surface area contributed by atoms with Crippen LogP contribution < -0.4 is 10.3 Å². The Hall–Kier alpha value is -1.62. The van der Waals surface area contributed by atoms with Crippen molar-refractivity contribution in [3.05, 3.63) is 48.0 Å². The van der Waals surface area contributed by atoms with Gasteiger partial charge >= 0.3 is 7.60 Å². The molecule has 2 aromatic heterocycles. The second-order valence-corrected chi connectivity index (χ2v) is 6.80. The lowest BCUT2D eigenvalue weighted by Gasteiger charge is -2.22. The van der Waals surface area contributed by atoms with E-state index >= 15 is 0 Å². The monoisotopic (exact) mass is 325 g/mol. The van der Waals surface area contributed by atoms with Crippen LogP contribution in [-0.4, -0.2) is 13.2 Å². The van der Waals surface area contributed by atoms with E-state index in [1.165, 1.54) is 6.26 Å². The van der Waals surface area contributed by atoms with Crippen molar-refractivity contribution in [2.24, 2.45) is 0 Å². The minimum absolute atomic E-state index is 0.285. The zero-order valence-electron chi connectivity index (χ0n) is 13.0. The molecule has 0 aliphatic heterocycles. The first-order chi connectivity index (χ1) is 10.6. The fraction of sp³-hybridized carbons (Fsp3) is 0.400. The number of aromatic nitrogens is 1. The minimum atomic E-state index is -3.42. The predicted octanol–water partition coefficient (Wildman–Crippen LogP) is 3.78. The SMILES string of the molecule is CCOP(=O)(OCC)[C@@H](Nc1cccc(C)[nH+]1)c1ccco1. The standard InChI is InChI=1S/C15H21N2O4P/c1-4-20-22(18,21-5-2)15(13-9-7-11-19-13)17-14-10-6-8-12(3)16-14/h6-11,15H,4-5H2,1-3H3,(H,16,17)/p+1/t15-/m1/s1.